The third-order valence-electron chi connectivity index (χ3n) is 26.9. The summed E-state index contributed by atoms with van der Waals surface area (Å²) in [6.45, 7) is 3.97. The minimum Gasteiger partial charge on any atom is -0.457 e. The number of ether oxygens (including phenoxy) is 5. The van der Waals surface area contributed by atoms with Crippen molar-refractivity contribution in [2.45, 2.75) is 34.5 Å². The predicted octanol–water partition coefficient (Wildman–Crippen LogP) is 32.1. The number of benzene rings is 20. The Morgan fingerprint density at radius 2 is 0.537 bits per heavy atom. The molecular formula is C129H86Cl2O16S2. The fourth-order valence-electron chi connectivity index (χ4n) is 19.5. The Morgan fingerprint density at radius 3 is 0.859 bits per heavy atom. The van der Waals surface area contributed by atoms with E-state index in [0.29, 0.717) is 146 Å². The highest BCUT2D eigenvalue weighted by molar-refractivity contribution is 7.94. The average molecular weight is 2030 g/mol. The van der Waals surface area contributed by atoms with E-state index in [1.165, 1.54) is 73.8 Å². The zero-order valence-electron chi connectivity index (χ0n) is 79.7. The highest BCUT2D eigenvalue weighted by Gasteiger charge is 2.48. The van der Waals surface area contributed by atoms with Crippen LogP contribution >= 0.6 is 35.2 Å². The molecule has 724 valence electrons. The molecule has 0 aliphatic heterocycles. The third-order valence-corrected chi connectivity index (χ3v) is 28.9. The van der Waals surface area contributed by atoms with Crippen molar-refractivity contribution in [3.8, 4) is 102 Å². The molecule has 2 N–H and O–H groups in total. The van der Waals surface area contributed by atoms with Crippen molar-refractivity contribution in [3.63, 3.8) is 0 Å². The van der Waals surface area contributed by atoms with Crippen LogP contribution in [-0.4, -0.2) is 47.1 Å². The SMILES string of the molecule is Cc1ccc(C2(c3ccc(Oc4ccc(C(=O)c5ccc(-c6ccc(C)c(C(=O)c7ccc(-c8ccc(S(=O)(=O)O)cc8SOOO)cc7)c6)cc5)cc4)cc3)c3ccccc3-c3ccccc32)cc1.O=C(c1ccc(Cl)cc1)c1ccc(Oc2ccc(C3(c4ccc(Oc5ccc(C(=O)c6ccc(Oc7cccc(Oc8ccc(C(=O)c9ccc(Cl)cc9)cc8)c7)cc6)cc5)cc4)c4ccccc4-c4ccccc43)cc2)cc1. The van der Waals surface area contributed by atoms with Gasteiger partial charge in [0.15, 0.2) is 28.9 Å². The van der Waals surface area contributed by atoms with Gasteiger partial charge in [-0.1, -0.05) is 264 Å². The van der Waals surface area contributed by atoms with Gasteiger partial charge in [-0.3, -0.25) is 28.5 Å². The first-order valence-electron chi connectivity index (χ1n) is 47.7. The quantitative estimate of drug-likeness (QED) is 0.0140. The van der Waals surface area contributed by atoms with Crippen LogP contribution in [0.15, 0.2) is 483 Å². The molecule has 149 heavy (non-hydrogen) atoms. The molecule has 20 aromatic rings. The van der Waals surface area contributed by atoms with Crippen molar-refractivity contribution in [2.24, 2.45) is 0 Å². The number of carbonyl (C=O) groups excluding carboxylic acids is 5. The molecule has 0 atom stereocenters. The van der Waals surface area contributed by atoms with Crippen LogP contribution in [0.25, 0.3) is 44.5 Å². The summed E-state index contributed by atoms with van der Waals surface area (Å²) in [6, 6.07) is 148. The summed E-state index contributed by atoms with van der Waals surface area (Å²) in [5.74, 6) is 5.32. The first kappa shape index (κ1) is 97.5. The summed E-state index contributed by atoms with van der Waals surface area (Å²) in [6.07, 6.45) is 0. The van der Waals surface area contributed by atoms with Gasteiger partial charge in [0, 0.05) is 76.6 Å². The summed E-state index contributed by atoms with van der Waals surface area (Å²) >= 11 is 12.6. The third kappa shape index (κ3) is 20.2. The summed E-state index contributed by atoms with van der Waals surface area (Å²) in [4.78, 5) is 67.1. The highest BCUT2D eigenvalue weighted by Crippen LogP contribution is 2.59. The standard InChI is InChI=1S/C70H44Cl2O7.C59H42O9S2/c71-53-28-12-45(13-29-53)67(73)47-16-32-55(33-17-47)76-59-40-24-51(25-41-59)70(65-10-3-1-8-63(65)64-9-2-4-11-66(64)70)52-26-42-60(43-27-52)77-56-34-18-49(19-35-56)69(75)50-22-38-58(39-23-50)79-62-7-5-6-61(44-62)78-57-36-20-48(21-37-57)68(74)46-14-30-54(72)31-15-46;1-37-11-25-45(26-12-37)59(54-9-5-3-7-51(54)52-8-4-6-10-55(52)59)46-27-31-48(32-28-46)66-47-29-23-42(24-30-47)57(60)41-19-15-39(16-20-41)44-14-13-38(2)53(35-44)58(61)43-21-17-40(18-22-43)50-34-33-49(70(63,64)65)36-56(50)69-68-67-62/h1-44H;3-36,62H,1-2H3,(H,63,64,65). The molecular weight excluding hydrogens is 1940 g/mol. The number of aryl methyl sites for hydroxylation is 2. The monoisotopic (exact) mass is 2020 g/mol. The lowest BCUT2D eigenvalue weighted by Gasteiger charge is -2.34. The van der Waals surface area contributed by atoms with Gasteiger partial charge in [0.1, 0.15) is 57.5 Å². The lowest BCUT2D eigenvalue weighted by Crippen LogP contribution is -2.28. The smallest absolute Gasteiger partial charge is 0.294 e. The molecule has 22 rings (SSSR count). The Morgan fingerprint density at radius 1 is 0.262 bits per heavy atom. The van der Waals surface area contributed by atoms with E-state index >= 15 is 0 Å². The van der Waals surface area contributed by atoms with Crippen LogP contribution in [-0.2, 0) is 30.3 Å². The highest BCUT2D eigenvalue weighted by atomic mass is 35.5. The van der Waals surface area contributed by atoms with Gasteiger partial charge in [-0.15, -0.1) is 4.33 Å². The fraction of sp³-hybridized carbons (Fsp3) is 0.0310. The van der Waals surface area contributed by atoms with Gasteiger partial charge < -0.3 is 23.7 Å². The Balaban J connectivity index is 0.000000176. The Labute approximate surface area is 874 Å². The minimum absolute atomic E-state index is 0.0920. The molecule has 0 spiro atoms. The fourth-order valence-corrected chi connectivity index (χ4v) is 20.9. The summed E-state index contributed by atoms with van der Waals surface area (Å²) in [5.41, 5.74) is 22.9. The van der Waals surface area contributed by atoms with Gasteiger partial charge in [0.25, 0.3) is 10.1 Å². The van der Waals surface area contributed by atoms with E-state index in [1.807, 2.05) is 91.9 Å². The van der Waals surface area contributed by atoms with Gasteiger partial charge >= 0.3 is 0 Å². The molecule has 0 amide bonds. The van der Waals surface area contributed by atoms with Gasteiger partial charge in [0.05, 0.1) is 27.8 Å². The van der Waals surface area contributed by atoms with Gasteiger partial charge in [0.2, 0.25) is 0 Å². The van der Waals surface area contributed by atoms with Crippen LogP contribution in [0.2, 0.25) is 10.0 Å². The van der Waals surface area contributed by atoms with E-state index in [2.05, 4.69) is 174 Å². The molecule has 0 saturated heterocycles. The summed E-state index contributed by atoms with van der Waals surface area (Å²) in [5, 5.41) is 13.5. The van der Waals surface area contributed by atoms with Crippen LogP contribution < -0.4 is 23.7 Å². The van der Waals surface area contributed by atoms with Crippen LogP contribution in [0, 0.1) is 13.8 Å². The van der Waals surface area contributed by atoms with Gasteiger partial charge in [-0.05, 0) is 345 Å². The summed E-state index contributed by atoms with van der Waals surface area (Å²) in [7, 11) is -4.51. The molecule has 2 aliphatic rings. The first-order valence-corrected chi connectivity index (χ1v) is 50.6. The summed E-state index contributed by atoms with van der Waals surface area (Å²) < 4.78 is 68.8. The second kappa shape index (κ2) is 42.3. The molecule has 0 radical (unpaired) electrons. The van der Waals surface area contributed by atoms with E-state index in [0.717, 1.165) is 33.4 Å². The lowest BCUT2D eigenvalue weighted by molar-refractivity contribution is -0.432. The first-order chi connectivity index (χ1) is 72.6. The molecule has 2 aliphatic carbocycles. The van der Waals surface area contributed by atoms with Crippen LogP contribution in [0.5, 0.6) is 57.5 Å². The van der Waals surface area contributed by atoms with Crippen molar-refractivity contribution in [1.82, 2.24) is 0 Å². The largest absolute Gasteiger partial charge is 0.457 e. The van der Waals surface area contributed by atoms with Crippen molar-refractivity contribution in [2.75, 3.05) is 0 Å². The maximum Gasteiger partial charge on any atom is 0.294 e. The molecule has 0 saturated carbocycles. The van der Waals surface area contributed by atoms with E-state index in [-0.39, 0.29) is 38.7 Å². The van der Waals surface area contributed by atoms with Crippen LogP contribution in [0.1, 0.15) is 135 Å². The molecule has 0 fully saturated rings. The average Bonchev–Trinajstić information content (AvgIpc) is 1.55. The molecule has 0 unspecified atom stereocenters. The molecule has 20 heteroatoms. The number of fused-ring (bicyclic) bond motifs is 6. The molecule has 16 nitrogen and oxygen atoms in total. The molecule has 0 bridgehead atoms. The maximum absolute atomic E-state index is 13.9. The van der Waals surface area contributed by atoms with Gasteiger partial charge in [-0.2, -0.15) is 8.42 Å². The van der Waals surface area contributed by atoms with E-state index < -0.39 is 20.9 Å². The molecule has 20 aromatic carbocycles. The maximum atomic E-state index is 13.9. The number of hydrogen-bond donors (Lipinski definition) is 2. The second-order valence-corrected chi connectivity index (χ2v) is 39.0. The van der Waals surface area contributed by atoms with E-state index in [1.54, 1.807) is 212 Å². The Kier molecular flexibility index (Phi) is 27.7. The lowest BCUT2D eigenvalue weighted by atomic mass is 9.67. The molecule has 0 heterocycles. The Hall–Kier alpha value is -17.5. The number of rotatable bonds is 30. The van der Waals surface area contributed by atoms with Gasteiger partial charge in [-0.25, -0.2) is 5.26 Å². The van der Waals surface area contributed by atoms with E-state index in [4.69, 9.17) is 52.1 Å². The number of hydrogen-bond acceptors (Lipinski definition) is 16. The number of halogens is 2. The Bertz CT molecular complexity index is 8500. The van der Waals surface area contributed by atoms with Crippen molar-refractivity contribution in [3.05, 3.63) is 594 Å². The molecule has 0 aromatic heterocycles. The van der Waals surface area contributed by atoms with Crippen LogP contribution in [0.3, 0.4) is 0 Å². The zero-order chi connectivity index (χ0) is 102. The van der Waals surface area contributed by atoms with Crippen molar-refractivity contribution < 1.29 is 75.3 Å². The predicted molar refractivity (Wildman–Crippen MR) is 580 cm³/mol. The number of carbonyl (C=O) groups is 5. The van der Waals surface area contributed by atoms with Crippen molar-refractivity contribution in [1.29, 1.82) is 0 Å². The normalized spacial score (nSPS) is 12.2. The van der Waals surface area contributed by atoms with Crippen molar-refractivity contribution >= 4 is 74.3 Å². The van der Waals surface area contributed by atoms with E-state index in [9.17, 15) is 36.9 Å². The van der Waals surface area contributed by atoms with Crippen LogP contribution in [0.4, 0.5) is 0 Å². The topological polar surface area (TPSA) is 225 Å². The minimum atomic E-state index is -4.51. The second-order valence-electron chi connectivity index (χ2n) is 35.9. The zero-order valence-corrected chi connectivity index (χ0v) is 82.9. The number of ketones is 5.